The van der Waals surface area contributed by atoms with Gasteiger partial charge >= 0.3 is 0 Å². The van der Waals surface area contributed by atoms with Crippen molar-refractivity contribution in [3.63, 3.8) is 0 Å². The van der Waals surface area contributed by atoms with Crippen molar-refractivity contribution < 1.29 is 23.8 Å². The normalized spacial score (nSPS) is 10.3. The highest BCUT2D eigenvalue weighted by atomic mass is 16.5. The lowest BCUT2D eigenvalue weighted by Crippen LogP contribution is -2.27. The van der Waals surface area contributed by atoms with Crippen molar-refractivity contribution in [1.82, 2.24) is 20.3 Å². The number of benzene rings is 2. The van der Waals surface area contributed by atoms with Crippen LogP contribution >= 0.6 is 0 Å². The summed E-state index contributed by atoms with van der Waals surface area (Å²) in [5.41, 5.74) is 1.10. The molecule has 0 aliphatic carbocycles. The highest BCUT2D eigenvalue weighted by Gasteiger charge is 2.16. The fourth-order valence-corrected chi connectivity index (χ4v) is 2.85. The van der Waals surface area contributed by atoms with Gasteiger partial charge in [-0.1, -0.05) is 17.3 Å². The zero-order valence-corrected chi connectivity index (χ0v) is 17.4. The minimum Gasteiger partial charge on any atom is -0.497 e. The average molecular weight is 425 g/mol. The van der Waals surface area contributed by atoms with E-state index in [0.717, 1.165) is 0 Å². The minimum absolute atomic E-state index is 0.156. The molecule has 0 saturated carbocycles. The second-order valence-corrected chi connectivity index (χ2v) is 6.35. The molecular formula is C21H23N5O5. The van der Waals surface area contributed by atoms with Crippen molar-refractivity contribution in [3.8, 4) is 17.2 Å². The van der Waals surface area contributed by atoms with Gasteiger partial charge in [0.2, 0.25) is 0 Å². The van der Waals surface area contributed by atoms with Crippen LogP contribution in [0.1, 0.15) is 20.8 Å². The topological polar surface area (TPSA) is 117 Å². The minimum atomic E-state index is -0.398. The second kappa shape index (κ2) is 10.1. The number of carbonyl (C=O) groups excluding carboxylic acids is 2. The summed E-state index contributed by atoms with van der Waals surface area (Å²) < 4.78 is 17.1. The summed E-state index contributed by atoms with van der Waals surface area (Å²) in [5.74, 6) is 0.749. The number of nitrogens with zero attached hydrogens (tertiary/aromatic N) is 3. The van der Waals surface area contributed by atoms with Crippen molar-refractivity contribution in [1.29, 1.82) is 0 Å². The van der Waals surface area contributed by atoms with Crippen molar-refractivity contribution in [2.75, 3.05) is 33.2 Å². The van der Waals surface area contributed by atoms with E-state index >= 15 is 0 Å². The number of ether oxygens (including phenoxy) is 3. The van der Waals surface area contributed by atoms with Crippen molar-refractivity contribution in [2.45, 2.75) is 6.54 Å². The molecule has 0 atom stereocenters. The Morgan fingerprint density at radius 2 is 1.81 bits per heavy atom. The van der Waals surface area contributed by atoms with E-state index in [1.54, 1.807) is 49.6 Å². The fraction of sp³-hybridized carbons (Fsp3) is 0.238. The highest BCUT2D eigenvalue weighted by molar-refractivity contribution is 6.02. The van der Waals surface area contributed by atoms with Crippen LogP contribution in [0.15, 0.2) is 48.7 Å². The van der Waals surface area contributed by atoms with E-state index < -0.39 is 5.91 Å². The summed E-state index contributed by atoms with van der Waals surface area (Å²) >= 11 is 0. The molecule has 0 aliphatic rings. The Bertz CT molecular complexity index is 1070. The predicted octanol–water partition coefficient (Wildman–Crippen LogP) is 1.99. The monoisotopic (exact) mass is 425 g/mol. The second-order valence-electron chi connectivity index (χ2n) is 6.35. The number of aromatic nitrogens is 3. The third kappa shape index (κ3) is 5.30. The van der Waals surface area contributed by atoms with Crippen LogP contribution < -0.4 is 24.8 Å². The molecule has 3 aromatic rings. The average Bonchev–Trinajstić information content (AvgIpc) is 3.27. The van der Waals surface area contributed by atoms with Crippen LogP contribution in [0.5, 0.6) is 17.2 Å². The lowest BCUT2D eigenvalue weighted by atomic mass is 10.1. The Hall–Kier alpha value is -4.08. The first-order valence-corrected chi connectivity index (χ1v) is 9.40. The van der Waals surface area contributed by atoms with Gasteiger partial charge < -0.3 is 24.8 Å². The molecule has 0 fully saturated rings. The van der Waals surface area contributed by atoms with E-state index in [-0.39, 0.29) is 18.1 Å². The highest BCUT2D eigenvalue weighted by Crippen LogP contribution is 2.30. The molecule has 0 bridgehead atoms. The summed E-state index contributed by atoms with van der Waals surface area (Å²) in [4.78, 5) is 24.8. The van der Waals surface area contributed by atoms with Gasteiger partial charge in [-0.25, -0.2) is 4.68 Å². The van der Waals surface area contributed by atoms with Gasteiger partial charge in [0.15, 0.2) is 17.2 Å². The maximum Gasteiger partial charge on any atom is 0.277 e. The quantitative estimate of drug-likeness (QED) is 0.538. The van der Waals surface area contributed by atoms with Crippen LogP contribution in [0, 0.1) is 0 Å². The molecule has 2 N–H and O–H groups in total. The zero-order chi connectivity index (χ0) is 22.2. The third-order valence-electron chi connectivity index (χ3n) is 4.37. The fourth-order valence-electron chi connectivity index (χ4n) is 2.85. The van der Waals surface area contributed by atoms with Crippen molar-refractivity contribution in [2.24, 2.45) is 0 Å². The third-order valence-corrected chi connectivity index (χ3v) is 4.37. The number of nitrogens with one attached hydrogen (secondary N) is 2. The van der Waals surface area contributed by atoms with E-state index in [9.17, 15) is 9.59 Å². The molecule has 0 radical (unpaired) electrons. The Labute approximate surface area is 179 Å². The number of amides is 2. The van der Waals surface area contributed by atoms with Crippen LogP contribution in [-0.4, -0.2) is 54.7 Å². The molecule has 3 rings (SSSR count). The number of para-hydroxylation sites is 1. The Morgan fingerprint density at radius 1 is 1.00 bits per heavy atom. The maximum absolute atomic E-state index is 12.5. The van der Waals surface area contributed by atoms with Crippen LogP contribution in [0.2, 0.25) is 0 Å². The Balaban J connectivity index is 1.56. The molecule has 31 heavy (non-hydrogen) atoms. The first-order valence-electron chi connectivity index (χ1n) is 9.40. The summed E-state index contributed by atoms with van der Waals surface area (Å²) in [6.07, 6.45) is 1.51. The van der Waals surface area contributed by atoms with E-state index in [2.05, 4.69) is 20.9 Å². The van der Waals surface area contributed by atoms with Crippen LogP contribution in [0.3, 0.4) is 0 Å². The largest absolute Gasteiger partial charge is 0.497 e. The summed E-state index contributed by atoms with van der Waals surface area (Å²) in [7, 11) is 4.53. The Morgan fingerprint density at radius 3 is 2.55 bits per heavy atom. The van der Waals surface area contributed by atoms with E-state index in [1.807, 2.05) is 0 Å². The van der Waals surface area contributed by atoms with Crippen LogP contribution in [0.4, 0.5) is 5.69 Å². The molecule has 2 aromatic carbocycles. The number of carbonyl (C=O) groups is 2. The van der Waals surface area contributed by atoms with Gasteiger partial charge in [0, 0.05) is 18.3 Å². The van der Waals surface area contributed by atoms with Crippen LogP contribution in [0.25, 0.3) is 0 Å². The van der Waals surface area contributed by atoms with Gasteiger partial charge in [-0.05, 0) is 24.3 Å². The molecular weight excluding hydrogens is 402 g/mol. The van der Waals surface area contributed by atoms with Crippen molar-refractivity contribution >= 4 is 17.5 Å². The number of rotatable bonds is 9. The van der Waals surface area contributed by atoms with Crippen LogP contribution in [-0.2, 0) is 6.54 Å². The summed E-state index contributed by atoms with van der Waals surface area (Å²) in [5, 5.41) is 13.3. The molecule has 0 saturated heterocycles. The first-order chi connectivity index (χ1) is 15.0. The van der Waals surface area contributed by atoms with E-state index in [1.165, 1.54) is 25.1 Å². The summed E-state index contributed by atoms with van der Waals surface area (Å²) in [6, 6.07) is 12.1. The molecule has 2 amide bonds. The molecule has 0 spiro atoms. The molecule has 1 heterocycles. The lowest BCUT2D eigenvalue weighted by Gasteiger charge is -2.12. The Kier molecular flexibility index (Phi) is 7.05. The zero-order valence-electron chi connectivity index (χ0n) is 17.4. The smallest absolute Gasteiger partial charge is 0.277 e. The van der Waals surface area contributed by atoms with Gasteiger partial charge in [-0.15, -0.1) is 5.10 Å². The van der Waals surface area contributed by atoms with Gasteiger partial charge in [0.25, 0.3) is 11.8 Å². The molecule has 1 aromatic heterocycles. The number of anilines is 1. The maximum atomic E-state index is 12.5. The first kappa shape index (κ1) is 21.6. The van der Waals surface area contributed by atoms with Gasteiger partial charge in [0.1, 0.15) is 5.75 Å². The lowest BCUT2D eigenvalue weighted by molar-refractivity contribution is 0.0947. The molecule has 0 aliphatic heterocycles. The van der Waals surface area contributed by atoms with Gasteiger partial charge in [-0.2, -0.15) is 0 Å². The molecule has 10 nitrogen and oxygen atoms in total. The number of hydrogen-bond acceptors (Lipinski definition) is 7. The van der Waals surface area contributed by atoms with Gasteiger partial charge in [-0.3, -0.25) is 9.59 Å². The molecule has 0 unspecified atom stereocenters. The van der Waals surface area contributed by atoms with E-state index in [0.29, 0.717) is 35.0 Å². The number of hydrogen-bond donors (Lipinski definition) is 2. The predicted molar refractivity (Wildman–Crippen MR) is 113 cm³/mol. The van der Waals surface area contributed by atoms with Gasteiger partial charge in [0.05, 0.1) is 39.6 Å². The standard InChI is InChI=1S/C21H23N5O5/c1-29-15-7-4-6-14(12-15)23-21(28)17-13-26(25-24-17)11-10-22-20(27)16-8-5-9-18(30-2)19(16)31-3/h4-9,12-13H,10-11H2,1-3H3,(H,22,27)(H,23,28). The molecule has 10 heteroatoms. The molecule has 162 valence electrons. The summed E-state index contributed by atoms with van der Waals surface area (Å²) in [6.45, 7) is 0.608. The number of methoxy groups -OCH3 is 3. The van der Waals surface area contributed by atoms with E-state index in [4.69, 9.17) is 14.2 Å². The SMILES string of the molecule is COc1cccc(NC(=O)c2cn(CCNC(=O)c3cccc(OC)c3OC)nn2)c1. The van der Waals surface area contributed by atoms with Crippen molar-refractivity contribution in [3.05, 3.63) is 59.9 Å².